The van der Waals surface area contributed by atoms with Crippen molar-refractivity contribution in [3.8, 4) is 0 Å². The van der Waals surface area contributed by atoms with E-state index in [1.54, 1.807) is 0 Å². The van der Waals surface area contributed by atoms with Crippen LogP contribution in [0.2, 0.25) is 0 Å². The summed E-state index contributed by atoms with van der Waals surface area (Å²) in [5.41, 5.74) is 5.67. The predicted octanol–water partition coefficient (Wildman–Crippen LogP) is 0.377. The van der Waals surface area contributed by atoms with Gasteiger partial charge in [0.25, 0.3) is 0 Å². The molecule has 1 heterocycles. The van der Waals surface area contributed by atoms with Crippen LogP contribution < -0.4 is 5.73 Å². The summed E-state index contributed by atoms with van der Waals surface area (Å²) in [5, 5.41) is -0.247. The molecular formula is C11H22N2O2S. The minimum absolute atomic E-state index is 0.247. The maximum atomic E-state index is 11.9. The normalized spacial score (nSPS) is 37.0. The van der Waals surface area contributed by atoms with Crippen LogP contribution in [0.1, 0.15) is 32.1 Å². The van der Waals surface area contributed by atoms with Crippen LogP contribution in [0.4, 0.5) is 0 Å². The van der Waals surface area contributed by atoms with Crippen molar-refractivity contribution in [2.75, 3.05) is 25.9 Å². The van der Waals surface area contributed by atoms with Crippen molar-refractivity contribution >= 4 is 9.84 Å². The lowest BCUT2D eigenvalue weighted by molar-refractivity contribution is 0.133. The van der Waals surface area contributed by atoms with Gasteiger partial charge in [0.05, 0.1) is 5.25 Å². The van der Waals surface area contributed by atoms with Crippen molar-refractivity contribution in [3.63, 3.8) is 0 Å². The van der Waals surface area contributed by atoms with Crippen LogP contribution in [0, 0.1) is 0 Å². The molecule has 2 rings (SSSR count). The molecule has 0 amide bonds. The average molecular weight is 246 g/mol. The fourth-order valence-electron chi connectivity index (χ4n) is 3.52. The van der Waals surface area contributed by atoms with Crippen molar-refractivity contribution in [1.82, 2.24) is 4.90 Å². The average Bonchev–Trinajstić information content (AvgIpc) is 2.86. The standard InChI is InChI=1S/C11H22N2O2S/c1-16(14,15)10-5-4-6-11(10,9-12)13-7-2-3-8-13/h10H,2-9,12H2,1H3. The van der Waals surface area contributed by atoms with Gasteiger partial charge in [-0.05, 0) is 38.8 Å². The van der Waals surface area contributed by atoms with Gasteiger partial charge in [-0.25, -0.2) is 8.42 Å². The van der Waals surface area contributed by atoms with E-state index in [4.69, 9.17) is 5.73 Å². The van der Waals surface area contributed by atoms with Crippen LogP contribution >= 0.6 is 0 Å². The van der Waals surface area contributed by atoms with E-state index < -0.39 is 9.84 Å². The molecule has 94 valence electrons. The van der Waals surface area contributed by atoms with E-state index in [0.717, 1.165) is 32.4 Å². The van der Waals surface area contributed by atoms with Gasteiger partial charge in [-0.15, -0.1) is 0 Å². The van der Waals surface area contributed by atoms with E-state index in [1.165, 1.54) is 19.1 Å². The largest absolute Gasteiger partial charge is 0.329 e. The zero-order valence-electron chi connectivity index (χ0n) is 9.98. The van der Waals surface area contributed by atoms with E-state index in [2.05, 4.69) is 4.90 Å². The molecule has 0 aromatic carbocycles. The van der Waals surface area contributed by atoms with Crippen molar-refractivity contribution in [1.29, 1.82) is 0 Å². The van der Waals surface area contributed by atoms with Crippen LogP contribution in [0.15, 0.2) is 0 Å². The first-order valence-electron chi connectivity index (χ1n) is 6.15. The van der Waals surface area contributed by atoms with Gasteiger partial charge in [0.15, 0.2) is 9.84 Å². The summed E-state index contributed by atoms with van der Waals surface area (Å²) in [6.07, 6.45) is 6.44. The second-order valence-corrected chi connectivity index (χ2v) is 7.44. The van der Waals surface area contributed by atoms with E-state index in [1.807, 2.05) is 0 Å². The summed E-state index contributed by atoms with van der Waals surface area (Å²) in [7, 11) is -2.98. The fraction of sp³-hybridized carbons (Fsp3) is 1.00. The Kier molecular flexibility index (Phi) is 3.29. The van der Waals surface area contributed by atoms with E-state index >= 15 is 0 Å². The molecule has 2 atom stereocenters. The maximum Gasteiger partial charge on any atom is 0.152 e. The van der Waals surface area contributed by atoms with Gasteiger partial charge in [-0.2, -0.15) is 0 Å². The third-order valence-electron chi connectivity index (χ3n) is 4.28. The minimum Gasteiger partial charge on any atom is -0.329 e. The molecule has 0 bridgehead atoms. The Balaban J connectivity index is 2.31. The van der Waals surface area contributed by atoms with Gasteiger partial charge < -0.3 is 5.73 Å². The smallest absolute Gasteiger partial charge is 0.152 e. The Bertz CT molecular complexity index is 349. The van der Waals surface area contributed by atoms with Gasteiger partial charge in [-0.1, -0.05) is 6.42 Å². The van der Waals surface area contributed by atoms with Gasteiger partial charge in [0, 0.05) is 18.3 Å². The molecule has 0 aromatic rings. The first-order chi connectivity index (χ1) is 7.50. The quantitative estimate of drug-likeness (QED) is 0.782. The molecule has 2 aliphatic rings. The number of rotatable bonds is 3. The lowest BCUT2D eigenvalue weighted by Crippen LogP contribution is -2.59. The first-order valence-corrected chi connectivity index (χ1v) is 8.10. The lowest BCUT2D eigenvalue weighted by Gasteiger charge is -2.41. The number of nitrogens with two attached hydrogens (primary N) is 1. The highest BCUT2D eigenvalue weighted by Gasteiger charge is 2.51. The molecule has 1 aliphatic carbocycles. The molecule has 2 unspecified atom stereocenters. The summed E-state index contributed by atoms with van der Waals surface area (Å²) in [4.78, 5) is 2.34. The van der Waals surface area contributed by atoms with Gasteiger partial charge in [0.1, 0.15) is 0 Å². The second-order valence-electron chi connectivity index (χ2n) is 5.21. The summed E-state index contributed by atoms with van der Waals surface area (Å²) < 4.78 is 23.8. The molecule has 16 heavy (non-hydrogen) atoms. The van der Waals surface area contributed by atoms with Crippen molar-refractivity contribution in [3.05, 3.63) is 0 Å². The highest BCUT2D eigenvalue weighted by molar-refractivity contribution is 7.91. The molecule has 0 radical (unpaired) electrons. The molecular weight excluding hydrogens is 224 g/mol. The molecule has 2 N–H and O–H groups in total. The highest BCUT2D eigenvalue weighted by atomic mass is 32.2. The first kappa shape index (κ1) is 12.3. The summed E-state index contributed by atoms with van der Waals surface area (Å²) >= 11 is 0. The van der Waals surface area contributed by atoms with Crippen LogP contribution in [0.3, 0.4) is 0 Å². The van der Waals surface area contributed by atoms with Gasteiger partial charge >= 0.3 is 0 Å². The molecule has 5 heteroatoms. The third kappa shape index (κ3) is 1.89. The summed E-state index contributed by atoms with van der Waals surface area (Å²) in [5.74, 6) is 0. The SMILES string of the molecule is CS(=O)(=O)C1CCCC1(CN)N1CCCC1. The highest BCUT2D eigenvalue weighted by Crippen LogP contribution is 2.40. The maximum absolute atomic E-state index is 11.9. The Hall–Kier alpha value is -0.130. The number of sulfone groups is 1. The Morgan fingerprint density at radius 3 is 2.44 bits per heavy atom. The summed E-state index contributed by atoms with van der Waals surface area (Å²) in [6.45, 7) is 2.51. The Labute approximate surface area is 98.1 Å². The van der Waals surface area contributed by atoms with E-state index in [9.17, 15) is 8.42 Å². The number of likely N-dealkylation sites (tertiary alicyclic amines) is 1. The molecule has 1 saturated heterocycles. The van der Waals surface area contributed by atoms with Crippen molar-refractivity contribution < 1.29 is 8.42 Å². The Morgan fingerprint density at radius 1 is 1.31 bits per heavy atom. The minimum atomic E-state index is -2.98. The van der Waals surface area contributed by atoms with Crippen molar-refractivity contribution in [2.24, 2.45) is 5.73 Å². The number of hydrogen-bond acceptors (Lipinski definition) is 4. The zero-order valence-corrected chi connectivity index (χ0v) is 10.8. The third-order valence-corrected chi connectivity index (χ3v) is 5.99. The number of nitrogens with zero attached hydrogens (tertiary/aromatic N) is 1. The lowest BCUT2D eigenvalue weighted by atomic mass is 9.95. The number of hydrogen-bond donors (Lipinski definition) is 1. The molecule has 1 aliphatic heterocycles. The molecule has 0 aromatic heterocycles. The van der Waals surface area contributed by atoms with Crippen LogP contribution in [-0.2, 0) is 9.84 Å². The Morgan fingerprint density at radius 2 is 1.94 bits per heavy atom. The fourth-order valence-corrected chi connectivity index (χ4v) is 5.28. The van der Waals surface area contributed by atoms with Crippen LogP contribution in [-0.4, -0.2) is 50.0 Å². The van der Waals surface area contributed by atoms with Gasteiger partial charge in [-0.3, -0.25) is 4.90 Å². The van der Waals surface area contributed by atoms with Crippen LogP contribution in [0.25, 0.3) is 0 Å². The molecule has 0 spiro atoms. The van der Waals surface area contributed by atoms with E-state index in [0.29, 0.717) is 6.54 Å². The van der Waals surface area contributed by atoms with E-state index in [-0.39, 0.29) is 10.8 Å². The second kappa shape index (κ2) is 4.27. The van der Waals surface area contributed by atoms with Crippen molar-refractivity contribution in [2.45, 2.75) is 42.9 Å². The zero-order chi connectivity index (χ0) is 11.8. The van der Waals surface area contributed by atoms with Crippen LogP contribution in [0.5, 0.6) is 0 Å². The molecule has 2 fully saturated rings. The summed E-state index contributed by atoms with van der Waals surface area (Å²) in [6, 6.07) is 0. The monoisotopic (exact) mass is 246 g/mol. The predicted molar refractivity (Wildman–Crippen MR) is 65.1 cm³/mol. The topological polar surface area (TPSA) is 63.4 Å². The molecule has 4 nitrogen and oxygen atoms in total. The van der Waals surface area contributed by atoms with Gasteiger partial charge in [0.2, 0.25) is 0 Å². The molecule has 1 saturated carbocycles.